The van der Waals surface area contributed by atoms with Crippen molar-refractivity contribution in [1.82, 2.24) is 9.88 Å². The van der Waals surface area contributed by atoms with Gasteiger partial charge in [0.2, 0.25) is 11.8 Å². The number of aliphatic carboxylic acids is 1. The Hall–Kier alpha value is -3.61. The van der Waals surface area contributed by atoms with Gasteiger partial charge < -0.3 is 19.2 Å². The van der Waals surface area contributed by atoms with Crippen molar-refractivity contribution in [2.24, 2.45) is 5.92 Å². The van der Waals surface area contributed by atoms with Crippen LogP contribution in [0.15, 0.2) is 59.3 Å². The molecule has 0 saturated carbocycles. The quantitative estimate of drug-likeness (QED) is 0.352. The molecule has 0 spiro atoms. The number of ether oxygens (including phenoxy) is 1. The van der Waals surface area contributed by atoms with Crippen molar-refractivity contribution in [3.8, 4) is 5.75 Å². The first-order valence-electron chi connectivity index (χ1n) is 12.1. The number of oxazole rings is 1. The number of carboxylic acid groups (broad SMARTS) is 1. The predicted molar refractivity (Wildman–Crippen MR) is 135 cm³/mol. The first-order valence-corrected chi connectivity index (χ1v) is 12.1. The number of hydrogen-bond acceptors (Lipinski definition) is 5. The van der Waals surface area contributed by atoms with Crippen LogP contribution < -0.4 is 4.74 Å². The highest BCUT2D eigenvalue weighted by atomic mass is 16.5. The Bertz CT molecular complexity index is 1100. The fourth-order valence-electron chi connectivity index (χ4n) is 3.85. The van der Waals surface area contributed by atoms with Gasteiger partial charge in [0.05, 0.1) is 12.3 Å². The molecular formula is C28H34N2O5. The van der Waals surface area contributed by atoms with E-state index in [0.717, 1.165) is 29.7 Å². The number of rotatable bonds is 11. The van der Waals surface area contributed by atoms with Crippen molar-refractivity contribution in [1.29, 1.82) is 0 Å². The molecular weight excluding hydrogens is 444 g/mol. The van der Waals surface area contributed by atoms with Crippen LogP contribution in [0.25, 0.3) is 6.08 Å². The summed E-state index contributed by atoms with van der Waals surface area (Å²) in [5, 5.41) is 9.64. The van der Waals surface area contributed by atoms with Gasteiger partial charge >= 0.3 is 5.97 Å². The summed E-state index contributed by atoms with van der Waals surface area (Å²) in [6.07, 6.45) is 15.2. The van der Waals surface area contributed by atoms with E-state index in [1.54, 1.807) is 24.5 Å². The fraction of sp³-hybridized carbons (Fsp3) is 0.393. The fourth-order valence-corrected chi connectivity index (χ4v) is 3.85. The smallest absolute Gasteiger partial charge is 0.326 e. The molecule has 1 amide bonds. The number of fused-ring (bicyclic) bond motifs is 1. The highest BCUT2D eigenvalue weighted by molar-refractivity contribution is 5.92. The number of allylic oxidation sites excluding steroid dienone is 4. The van der Waals surface area contributed by atoms with Gasteiger partial charge in [-0.3, -0.25) is 4.79 Å². The van der Waals surface area contributed by atoms with E-state index in [2.05, 4.69) is 24.9 Å². The van der Waals surface area contributed by atoms with Gasteiger partial charge in [0.25, 0.3) is 0 Å². The first kappa shape index (κ1) is 26.0. The number of carboxylic acids is 1. The number of carbonyl (C=O) groups excluding carboxylic acids is 1. The van der Waals surface area contributed by atoms with Crippen molar-refractivity contribution >= 4 is 18.0 Å². The van der Waals surface area contributed by atoms with Crippen LogP contribution in [0.2, 0.25) is 0 Å². The molecule has 0 saturated heterocycles. The second kappa shape index (κ2) is 12.7. The molecule has 0 fully saturated rings. The Morgan fingerprint density at radius 3 is 2.86 bits per heavy atom. The Kier molecular flexibility index (Phi) is 9.47. The van der Waals surface area contributed by atoms with E-state index in [9.17, 15) is 14.7 Å². The molecule has 1 aliphatic rings. The van der Waals surface area contributed by atoms with Crippen LogP contribution in [0.4, 0.5) is 0 Å². The molecule has 1 atom stereocenters. The Morgan fingerprint density at radius 2 is 2.11 bits per heavy atom. The minimum atomic E-state index is -1.01. The van der Waals surface area contributed by atoms with E-state index in [-0.39, 0.29) is 18.9 Å². The zero-order chi connectivity index (χ0) is 25.2. The van der Waals surface area contributed by atoms with E-state index in [4.69, 9.17) is 9.15 Å². The number of aromatic nitrogens is 1. The molecule has 1 aromatic heterocycles. The van der Waals surface area contributed by atoms with E-state index in [1.165, 1.54) is 11.0 Å². The monoisotopic (exact) mass is 478 g/mol. The third kappa shape index (κ3) is 7.70. The molecule has 186 valence electrons. The molecule has 35 heavy (non-hydrogen) atoms. The van der Waals surface area contributed by atoms with Crippen LogP contribution >= 0.6 is 0 Å². The number of carbonyl (C=O) groups is 2. The Morgan fingerprint density at radius 1 is 1.29 bits per heavy atom. The second-order valence-corrected chi connectivity index (χ2v) is 8.99. The van der Waals surface area contributed by atoms with Crippen molar-refractivity contribution in [2.75, 3.05) is 6.61 Å². The van der Waals surface area contributed by atoms with Crippen LogP contribution in [0.1, 0.15) is 56.3 Å². The normalized spacial score (nSPS) is 16.0. The molecule has 7 heteroatoms. The zero-order valence-electron chi connectivity index (χ0n) is 20.6. The lowest BCUT2D eigenvalue weighted by molar-refractivity contribution is -0.149. The molecule has 2 heterocycles. The maximum absolute atomic E-state index is 12.6. The highest BCUT2D eigenvalue weighted by Crippen LogP contribution is 2.28. The van der Waals surface area contributed by atoms with E-state index < -0.39 is 12.0 Å². The topological polar surface area (TPSA) is 92.9 Å². The SMILES string of the molecule is C/C=C/C=C/C(=O)N1Cc2cc(OCCc3coc(/C=C/CCC(C)C)n3)ccc2C[C@H]1C(=O)O. The largest absolute Gasteiger partial charge is 0.493 e. The van der Waals surface area contributed by atoms with Gasteiger partial charge in [0.1, 0.15) is 18.1 Å². The number of amides is 1. The van der Waals surface area contributed by atoms with Crippen molar-refractivity contribution in [2.45, 2.75) is 59.0 Å². The molecule has 7 nitrogen and oxygen atoms in total. The summed E-state index contributed by atoms with van der Waals surface area (Å²) < 4.78 is 11.4. The summed E-state index contributed by atoms with van der Waals surface area (Å²) in [7, 11) is 0. The predicted octanol–water partition coefficient (Wildman–Crippen LogP) is 5.22. The summed E-state index contributed by atoms with van der Waals surface area (Å²) in [5.41, 5.74) is 2.63. The third-order valence-corrected chi connectivity index (χ3v) is 5.79. The maximum Gasteiger partial charge on any atom is 0.326 e. The standard InChI is InChI=1S/C28H34N2O5/c1-4-5-6-11-27(31)30-18-22-16-24(13-12-21(22)17-25(30)28(32)33)34-15-14-23-19-35-26(29-23)10-8-7-9-20(2)3/h4-6,8,10-13,16,19-20,25H,7,9,14-15,17-18H2,1-3H3,(H,32,33)/b5-4+,10-8+,11-6+/t25-/m0/s1. The zero-order valence-corrected chi connectivity index (χ0v) is 20.6. The summed E-state index contributed by atoms with van der Waals surface area (Å²) in [6.45, 7) is 6.89. The van der Waals surface area contributed by atoms with Crippen molar-refractivity contribution in [3.63, 3.8) is 0 Å². The molecule has 3 rings (SSSR count). The third-order valence-electron chi connectivity index (χ3n) is 5.79. The van der Waals surface area contributed by atoms with Gasteiger partial charge in [-0.2, -0.15) is 0 Å². The Labute approximate surface area is 206 Å². The van der Waals surface area contributed by atoms with Gasteiger partial charge in [0.15, 0.2) is 0 Å². The van der Waals surface area contributed by atoms with Gasteiger partial charge in [-0.1, -0.05) is 44.2 Å². The minimum Gasteiger partial charge on any atom is -0.493 e. The average Bonchev–Trinajstić information content (AvgIpc) is 3.28. The van der Waals surface area contributed by atoms with Crippen LogP contribution in [-0.4, -0.2) is 39.5 Å². The summed E-state index contributed by atoms with van der Waals surface area (Å²) in [5.74, 6) is 0.603. The Balaban J connectivity index is 1.58. The van der Waals surface area contributed by atoms with Crippen LogP contribution in [0.5, 0.6) is 5.75 Å². The first-order chi connectivity index (χ1) is 16.9. The molecule has 0 aliphatic carbocycles. The highest BCUT2D eigenvalue weighted by Gasteiger charge is 2.33. The van der Waals surface area contributed by atoms with Gasteiger partial charge in [-0.05, 0) is 55.0 Å². The van der Waals surface area contributed by atoms with Crippen LogP contribution in [0.3, 0.4) is 0 Å². The van der Waals surface area contributed by atoms with Crippen molar-refractivity contribution < 1.29 is 23.8 Å². The van der Waals surface area contributed by atoms with E-state index in [0.29, 0.717) is 30.6 Å². The van der Waals surface area contributed by atoms with Gasteiger partial charge in [-0.15, -0.1) is 0 Å². The molecule has 1 aliphatic heterocycles. The second-order valence-electron chi connectivity index (χ2n) is 8.99. The van der Waals surface area contributed by atoms with Crippen molar-refractivity contribution in [3.05, 3.63) is 77.6 Å². The number of nitrogens with zero attached hydrogens (tertiary/aromatic N) is 2. The molecule has 2 aromatic rings. The molecule has 0 bridgehead atoms. The van der Waals surface area contributed by atoms with E-state index in [1.807, 2.05) is 31.2 Å². The molecule has 0 unspecified atom stereocenters. The molecule has 0 radical (unpaired) electrons. The van der Waals surface area contributed by atoms with Crippen LogP contribution in [0, 0.1) is 5.92 Å². The minimum absolute atomic E-state index is 0.221. The van der Waals surface area contributed by atoms with Crippen LogP contribution in [-0.2, 0) is 29.0 Å². The summed E-state index contributed by atoms with van der Waals surface area (Å²) in [4.78, 5) is 30.3. The van der Waals surface area contributed by atoms with Gasteiger partial charge in [0, 0.05) is 25.5 Å². The van der Waals surface area contributed by atoms with Gasteiger partial charge in [-0.25, -0.2) is 9.78 Å². The number of benzene rings is 1. The lowest BCUT2D eigenvalue weighted by Crippen LogP contribution is -2.48. The lowest BCUT2D eigenvalue weighted by atomic mass is 9.93. The number of hydrogen-bond donors (Lipinski definition) is 1. The maximum atomic E-state index is 12.6. The summed E-state index contributed by atoms with van der Waals surface area (Å²) >= 11 is 0. The lowest BCUT2D eigenvalue weighted by Gasteiger charge is -2.34. The summed E-state index contributed by atoms with van der Waals surface area (Å²) in [6, 6.07) is 4.72. The molecule has 1 aromatic carbocycles. The van der Waals surface area contributed by atoms with E-state index >= 15 is 0 Å². The average molecular weight is 479 g/mol. The molecule has 1 N–H and O–H groups in total.